The Hall–Kier alpha value is -3.31. The molecule has 3 aromatic rings. The summed E-state index contributed by atoms with van der Waals surface area (Å²) in [7, 11) is 0. The highest BCUT2D eigenvalue weighted by Gasteiger charge is 2.36. The summed E-state index contributed by atoms with van der Waals surface area (Å²) >= 11 is 0. The Kier molecular flexibility index (Phi) is 6.47. The third-order valence-corrected chi connectivity index (χ3v) is 6.34. The van der Waals surface area contributed by atoms with E-state index in [1.807, 2.05) is 31.2 Å². The van der Waals surface area contributed by atoms with Gasteiger partial charge >= 0.3 is 0 Å². The zero-order valence-corrected chi connectivity index (χ0v) is 18.8. The number of anilines is 2. The number of hydrogen-bond acceptors (Lipinski definition) is 7. The standard InChI is InChI=1S/C24H29N7O/c1-4-18-13-17(12-16(3)31(18)10-6-8-25)24(32)23-19-7-5-9-26-20(19)14-21(28-23)27-22-11-15(2)29-30-22/h5,7,9,11,14,16-18H,4,6,10,12-13H2,1-3H3,(H2,27,28,29,30). The summed E-state index contributed by atoms with van der Waals surface area (Å²) in [6, 6.07) is 10.3. The number of Topliss-reactive ketones (excluding diaryl/α,β-unsaturated/α-hetero) is 1. The molecule has 1 aliphatic rings. The first-order chi connectivity index (χ1) is 15.5. The number of nitriles is 1. The van der Waals surface area contributed by atoms with E-state index in [9.17, 15) is 4.79 Å². The zero-order valence-electron chi connectivity index (χ0n) is 18.8. The summed E-state index contributed by atoms with van der Waals surface area (Å²) in [5.74, 6) is 1.16. The number of fused-ring (bicyclic) bond motifs is 1. The Balaban J connectivity index is 1.64. The maximum atomic E-state index is 13.7. The number of likely N-dealkylation sites (tertiary alicyclic amines) is 1. The SMILES string of the molecule is CCC1CC(C(=O)c2nc(Nc3cc(C)[nH]n3)cc3ncccc23)CC(C)N1CCC#N. The lowest BCUT2D eigenvalue weighted by molar-refractivity contribution is 0.0501. The average Bonchev–Trinajstić information content (AvgIpc) is 3.21. The highest BCUT2D eigenvalue weighted by atomic mass is 16.1. The Labute approximate surface area is 188 Å². The van der Waals surface area contributed by atoms with Gasteiger partial charge in [-0.15, -0.1) is 0 Å². The summed E-state index contributed by atoms with van der Waals surface area (Å²) in [5, 5.41) is 20.1. The van der Waals surface area contributed by atoms with Gasteiger partial charge in [0, 0.05) is 60.4 Å². The number of piperidine rings is 1. The van der Waals surface area contributed by atoms with Crippen LogP contribution in [0.1, 0.15) is 55.7 Å². The van der Waals surface area contributed by atoms with Gasteiger partial charge < -0.3 is 5.32 Å². The van der Waals surface area contributed by atoms with Crippen molar-refractivity contribution in [3.05, 3.63) is 41.9 Å². The highest BCUT2D eigenvalue weighted by Crippen LogP contribution is 2.33. The van der Waals surface area contributed by atoms with Crippen LogP contribution in [0.15, 0.2) is 30.5 Å². The lowest BCUT2D eigenvalue weighted by Gasteiger charge is -2.43. The van der Waals surface area contributed by atoms with Gasteiger partial charge in [-0.3, -0.25) is 19.8 Å². The van der Waals surface area contributed by atoms with Gasteiger partial charge in [0.25, 0.3) is 0 Å². The van der Waals surface area contributed by atoms with E-state index in [0.29, 0.717) is 29.8 Å². The highest BCUT2D eigenvalue weighted by molar-refractivity contribution is 6.07. The van der Waals surface area contributed by atoms with Crippen LogP contribution >= 0.6 is 0 Å². The van der Waals surface area contributed by atoms with Crippen molar-refractivity contribution < 1.29 is 4.79 Å². The minimum absolute atomic E-state index is 0.0649. The number of hydrogen-bond donors (Lipinski definition) is 2. The minimum atomic E-state index is -0.105. The number of aryl methyl sites for hydroxylation is 1. The van der Waals surface area contributed by atoms with E-state index < -0.39 is 0 Å². The number of pyridine rings is 2. The third kappa shape index (κ3) is 4.48. The first-order valence-electron chi connectivity index (χ1n) is 11.2. The molecular formula is C24H29N7O. The molecule has 1 fully saturated rings. The van der Waals surface area contributed by atoms with Crippen molar-refractivity contribution in [3.63, 3.8) is 0 Å². The van der Waals surface area contributed by atoms with Crippen molar-refractivity contribution in [1.82, 2.24) is 25.1 Å². The number of nitrogens with zero attached hydrogens (tertiary/aromatic N) is 5. The second kappa shape index (κ2) is 9.45. The van der Waals surface area contributed by atoms with Gasteiger partial charge in [0.1, 0.15) is 11.5 Å². The van der Waals surface area contributed by atoms with Crippen molar-refractivity contribution in [2.75, 3.05) is 11.9 Å². The van der Waals surface area contributed by atoms with Gasteiger partial charge in [-0.05, 0) is 45.2 Å². The zero-order chi connectivity index (χ0) is 22.7. The fourth-order valence-corrected chi connectivity index (χ4v) is 4.80. The lowest BCUT2D eigenvalue weighted by atomic mass is 9.81. The largest absolute Gasteiger partial charge is 0.323 e. The molecule has 8 nitrogen and oxygen atoms in total. The lowest BCUT2D eigenvalue weighted by Crippen LogP contribution is -2.49. The predicted molar refractivity (Wildman–Crippen MR) is 124 cm³/mol. The molecule has 4 heterocycles. The molecular weight excluding hydrogens is 402 g/mol. The molecule has 0 radical (unpaired) electrons. The van der Waals surface area contributed by atoms with E-state index in [0.717, 1.165) is 42.4 Å². The van der Waals surface area contributed by atoms with E-state index in [1.54, 1.807) is 6.20 Å². The second-order valence-corrected chi connectivity index (χ2v) is 8.58. The molecule has 4 rings (SSSR count). The van der Waals surface area contributed by atoms with E-state index in [2.05, 4.69) is 45.3 Å². The van der Waals surface area contributed by atoms with Crippen LogP contribution < -0.4 is 5.32 Å². The smallest absolute Gasteiger partial charge is 0.185 e. The topological polar surface area (TPSA) is 111 Å². The molecule has 32 heavy (non-hydrogen) atoms. The van der Waals surface area contributed by atoms with Crippen molar-refractivity contribution in [2.24, 2.45) is 5.92 Å². The number of nitrogens with one attached hydrogen (secondary N) is 2. The molecule has 166 valence electrons. The Bertz CT molecular complexity index is 1150. The van der Waals surface area contributed by atoms with Crippen LogP contribution in [0.25, 0.3) is 10.9 Å². The van der Waals surface area contributed by atoms with Crippen LogP contribution in [-0.2, 0) is 0 Å². The number of ketones is 1. The van der Waals surface area contributed by atoms with Crippen LogP contribution in [-0.4, -0.2) is 49.5 Å². The Morgan fingerprint density at radius 2 is 2.19 bits per heavy atom. The van der Waals surface area contributed by atoms with Crippen LogP contribution in [0.3, 0.4) is 0 Å². The maximum Gasteiger partial charge on any atom is 0.185 e. The Morgan fingerprint density at radius 1 is 1.34 bits per heavy atom. The van der Waals surface area contributed by atoms with Gasteiger partial charge in [0.2, 0.25) is 0 Å². The summed E-state index contributed by atoms with van der Waals surface area (Å²) in [5.41, 5.74) is 2.13. The molecule has 0 saturated carbocycles. The summed E-state index contributed by atoms with van der Waals surface area (Å²) in [6.07, 6.45) is 4.74. The molecule has 2 N–H and O–H groups in total. The molecule has 8 heteroatoms. The molecule has 3 unspecified atom stereocenters. The number of aromatic amines is 1. The molecule has 0 amide bonds. The fraction of sp³-hybridized carbons (Fsp3) is 0.458. The van der Waals surface area contributed by atoms with Gasteiger partial charge in [0.15, 0.2) is 11.6 Å². The molecule has 3 aromatic heterocycles. The third-order valence-electron chi connectivity index (χ3n) is 6.34. The molecule has 1 saturated heterocycles. The first-order valence-corrected chi connectivity index (χ1v) is 11.2. The van der Waals surface area contributed by atoms with E-state index >= 15 is 0 Å². The number of carbonyl (C=O) groups is 1. The number of carbonyl (C=O) groups excluding carboxylic acids is 1. The fourth-order valence-electron chi connectivity index (χ4n) is 4.80. The monoisotopic (exact) mass is 431 g/mol. The number of H-pyrrole nitrogens is 1. The predicted octanol–water partition coefficient (Wildman–Crippen LogP) is 4.38. The van der Waals surface area contributed by atoms with E-state index in [1.165, 1.54) is 0 Å². The maximum absolute atomic E-state index is 13.7. The summed E-state index contributed by atoms with van der Waals surface area (Å²) in [6.45, 7) is 6.99. The van der Waals surface area contributed by atoms with Crippen molar-refractivity contribution in [3.8, 4) is 6.07 Å². The first kappa shape index (κ1) is 21.9. The van der Waals surface area contributed by atoms with Gasteiger partial charge in [-0.1, -0.05) is 6.92 Å². The molecule has 1 aliphatic heterocycles. The molecule has 0 aliphatic carbocycles. The van der Waals surface area contributed by atoms with Crippen LogP contribution in [0, 0.1) is 24.2 Å². The molecule has 0 aromatic carbocycles. The van der Waals surface area contributed by atoms with E-state index in [4.69, 9.17) is 10.2 Å². The number of rotatable bonds is 7. The van der Waals surface area contributed by atoms with Gasteiger partial charge in [0.05, 0.1) is 11.6 Å². The molecule has 0 spiro atoms. The van der Waals surface area contributed by atoms with Gasteiger partial charge in [-0.25, -0.2) is 4.98 Å². The summed E-state index contributed by atoms with van der Waals surface area (Å²) < 4.78 is 0. The normalized spacial score (nSPS) is 21.4. The minimum Gasteiger partial charge on any atom is -0.323 e. The van der Waals surface area contributed by atoms with E-state index in [-0.39, 0.29) is 17.7 Å². The van der Waals surface area contributed by atoms with Crippen LogP contribution in [0.4, 0.5) is 11.6 Å². The number of aromatic nitrogens is 4. The molecule has 3 atom stereocenters. The quantitative estimate of drug-likeness (QED) is 0.534. The van der Waals surface area contributed by atoms with Crippen molar-refractivity contribution >= 4 is 28.3 Å². The molecule has 0 bridgehead atoms. The Morgan fingerprint density at radius 3 is 2.91 bits per heavy atom. The second-order valence-electron chi connectivity index (χ2n) is 8.58. The van der Waals surface area contributed by atoms with Gasteiger partial charge in [-0.2, -0.15) is 10.4 Å². The summed E-state index contributed by atoms with van der Waals surface area (Å²) in [4.78, 5) is 25.3. The van der Waals surface area contributed by atoms with Crippen LogP contribution in [0.2, 0.25) is 0 Å². The van der Waals surface area contributed by atoms with Crippen molar-refractivity contribution in [1.29, 1.82) is 5.26 Å². The van der Waals surface area contributed by atoms with Crippen molar-refractivity contribution in [2.45, 2.75) is 58.5 Å². The average molecular weight is 432 g/mol. The van der Waals surface area contributed by atoms with Crippen LogP contribution in [0.5, 0.6) is 0 Å².